The van der Waals surface area contributed by atoms with Gasteiger partial charge in [-0.2, -0.15) is 5.10 Å². The van der Waals surface area contributed by atoms with Crippen molar-refractivity contribution >= 4 is 41.4 Å². The molecule has 0 spiro atoms. The van der Waals surface area contributed by atoms with Gasteiger partial charge in [-0.1, -0.05) is 29.8 Å². The van der Waals surface area contributed by atoms with Crippen molar-refractivity contribution in [1.29, 1.82) is 0 Å². The molecule has 0 N–H and O–H groups in total. The van der Waals surface area contributed by atoms with Crippen LogP contribution in [0.5, 0.6) is 5.75 Å². The zero-order valence-corrected chi connectivity index (χ0v) is 29.4. The number of ether oxygens (including phenoxy) is 3. The molecular weight excluding hydrogens is 610 g/mol. The predicted octanol–water partition coefficient (Wildman–Crippen LogP) is 8.16. The van der Waals surface area contributed by atoms with E-state index in [0.29, 0.717) is 57.9 Å². The second kappa shape index (κ2) is 15.1. The average molecular weight is 656 g/mol. The smallest absolute Gasteiger partial charge is 0.355 e. The molecule has 0 amide bonds. The molecule has 244 valence electrons. The molecule has 0 unspecified atom stereocenters. The molecular formula is C35H46ClN3O5S. The lowest BCUT2D eigenvalue weighted by Gasteiger charge is -2.21. The second-order valence-electron chi connectivity index (χ2n) is 12.5. The molecule has 2 aromatic heterocycles. The number of carbonyl (C=O) groups excluding carboxylic acids is 1. The van der Waals surface area contributed by atoms with E-state index in [1.807, 2.05) is 65.4 Å². The van der Waals surface area contributed by atoms with Gasteiger partial charge in [-0.15, -0.1) is 0 Å². The zero-order valence-electron chi connectivity index (χ0n) is 27.8. The van der Waals surface area contributed by atoms with E-state index in [9.17, 15) is 4.79 Å². The number of aromatic nitrogens is 3. The van der Waals surface area contributed by atoms with Crippen LogP contribution in [0.15, 0.2) is 30.3 Å². The number of hydrogen-bond acceptors (Lipinski definition) is 7. The largest absolute Gasteiger partial charge is 0.494 e. The number of hydrogen-bond donors (Lipinski definition) is 1. The summed E-state index contributed by atoms with van der Waals surface area (Å²) in [6.07, 6.45) is 2.04. The van der Waals surface area contributed by atoms with Crippen molar-refractivity contribution in [1.82, 2.24) is 14.3 Å². The van der Waals surface area contributed by atoms with Gasteiger partial charge >= 0.3 is 5.97 Å². The first-order chi connectivity index (χ1) is 21.3. The van der Waals surface area contributed by atoms with Crippen LogP contribution in [0.3, 0.4) is 0 Å². The maximum Gasteiger partial charge on any atom is 0.355 e. The minimum atomic E-state index is -0.654. The van der Waals surface area contributed by atoms with Crippen molar-refractivity contribution in [2.75, 3.05) is 26.4 Å². The number of fused-ring (bicyclic) bond motifs is 1. The third kappa shape index (κ3) is 8.25. The van der Waals surface area contributed by atoms with Crippen molar-refractivity contribution in [3.8, 4) is 16.9 Å². The summed E-state index contributed by atoms with van der Waals surface area (Å²) in [6, 6.07) is 10.2. The maximum atomic E-state index is 14.0. The van der Waals surface area contributed by atoms with Gasteiger partial charge < -0.3 is 23.0 Å². The van der Waals surface area contributed by atoms with Crippen LogP contribution in [-0.4, -0.2) is 52.3 Å². The van der Waals surface area contributed by atoms with E-state index >= 15 is 0 Å². The number of carbonyl (C=O) groups is 1. The Morgan fingerprint density at radius 2 is 1.71 bits per heavy atom. The molecule has 8 nitrogen and oxygen atoms in total. The van der Waals surface area contributed by atoms with E-state index in [4.69, 9.17) is 35.1 Å². The molecule has 0 saturated heterocycles. The third-order valence-corrected chi connectivity index (χ3v) is 8.58. The first-order valence-electron chi connectivity index (χ1n) is 15.5. The van der Waals surface area contributed by atoms with Crippen molar-refractivity contribution in [2.45, 2.75) is 79.9 Å². The molecule has 0 saturated carbocycles. The van der Waals surface area contributed by atoms with E-state index in [1.165, 1.54) is 0 Å². The summed E-state index contributed by atoms with van der Waals surface area (Å²) >= 11 is 10.2. The molecule has 0 radical (unpaired) electrons. The molecule has 0 aliphatic rings. The lowest BCUT2D eigenvalue weighted by Crippen LogP contribution is -2.26. The fourth-order valence-electron chi connectivity index (χ4n) is 5.83. The van der Waals surface area contributed by atoms with Gasteiger partial charge in [0.2, 0.25) is 0 Å². The molecule has 0 fully saturated rings. The van der Waals surface area contributed by atoms with Gasteiger partial charge in [0.1, 0.15) is 17.0 Å². The standard InChI is InChI=1S/C35H46ClN3O5S/c1-22-20-26(21-23(2)31(22)36)42-17-10-14-28-27-12-9-13-29(30-24(3)37-38(8)25(30)4)32(27)39(15-11-16-41-18-19-43-45)33(28)34(40)44-35(5,6)7/h9,12-13,20-21,45H,10-11,14-19H2,1-8H3. The highest BCUT2D eigenvalue weighted by molar-refractivity contribution is 7.75. The van der Waals surface area contributed by atoms with Crippen LogP contribution < -0.4 is 4.74 Å². The van der Waals surface area contributed by atoms with E-state index in [-0.39, 0.29) is 5.97 Å². The van der Waals surface area contributed by atoms with Crippen LogP contribution in [-0.2, 0) is 33.7 Å². The Labute approximate surface area is 277 Å². The van der Waals surface area contributed by atoms with Crippen LogP contribution in [0.1, 0.15) is 72.2 Å². The number of nitrogens with zero attached hydrogens (tertiary/aromatic N) is 3. The fraction of sp³-hybridized carbons (Fsp3) is 0.486. The highest BCUT2D eigenvalue weighted by Crippen LogP contribution is 2.38. The lowest BCUT2D eigenvalue weighted by molar-refractivity contribution is 0.00559. The number of halogens is 1. The molecule has 10 heteroatoms. The van der Waals surface area contributed by atoms with Crippen LogP contribution in [0, 0.1) is 27.7 Å². The molecule has 2 heterocycles. The SMILES string of the molecule is Cc1cc(OCCCc2c(C(=O)OC(C)(C)C)n(CCCOCCOS)c3c(-c4c(C)nn(C)c4C)cccc23)cc(C)c1Cl. The number of aryl methyl sites for hydroxylation is 6. The highest BCUT2D eigenvalue weighted by atomic mass is 35.5. The van der Waals surface area contributed by atoms with Crippen LogP contribution in [0.4, 0.5) is 0 Å². The first-order valence-corrected chi connectivity index (χ1v) is 16.2. The minimum absolute atomic E-state index is 0.339. The molecule has 2 aromatic carbocycles. The summed E-state index contributed by atoms with van der Waals surface area (Å²) < 4.78 is 26.8. The number of esters is 1. The monoisotopic (exact) mass is 655 g/mol. The molecule has 4 aromatic rings. The summed E-state index contributed by atoms with van der Waals surface area (Å²) in [6.45, 7) is 16.2. The van der Waals surface area contributed by atoms with Crippen LogP contribution >= 0.6 is 24.5 Å². The molecule has 45 heavy (non-hydrogen) atoms. The summed E-state index contributed by atoms with van der Waals surface area (Å²) in [5, 5.41) is 6.48. The van der Waals surface area contributed by atoms with Gasteiger partial charge in [-0.05, 0) is 109 Å². The van der Waals surface area contributed by atoms with E-state index < -0.39 is 5.60 Å². The molecule has 0 aliphatic heterocycles. The Morgan fingerprint density at radius 1 is 1.00 bits per heavy atom. The second-order valence-corrected chi connectivity index (χ2v) is 13.1. The fourth-order valence-corrected chi connectivity index (χ4v) is 6.02. The molecule has 4 rings (SSSR count). The minimum Gasteiger partial charge on any atom is -0.494 e. The molecule has 0 aliphatic carbocycles. The van der Waals surface area contributed by atoms with E-state index in [2.05, 4.69) is 42.6 Å². The van der Waals surface area contributed by atoms with Crippen molar-refractivity contribution in [2.24, 2.45) is 7.05 Å². The maximum absolute atomic E-state index is 14.0. The van der Waals surface area contributed by atoms with E-state index in [0.717, 1.165) is 60.9 Å². The highest BCUT2D eigenvalue weighted by Gasteiger charge is 2.29. The number of benzene rings is 2. The van der Waals surface area contributed by atoms with Gasteiger partial charge in [0.25, 0.3) is 0 Å². The van der Waals surface area contributed by atoms with Gasteiger partial charge in [0, 0.05) is 47.4 Å². The Hall–Kier alpha value is -2.98. The van der Waals surface area contributed by atoms with Crippen molar-refractivity contribution in [3.63, 3.8) is 0 Å². The summed E-state index contributed by atoms with van der Waals surface area (Å²) in [4.78, 5) is 14.0. The summed E-state index contributed by atoms with van der Waals surface area (Å²) in [5.41, 5.74) is 7.95. The average Bonchev–Trinajstić information content (AvgIpc) is 3.42. The van der Waals surface area contributed by atoms with Gasteiger partial charge in [-0.3, -0.25) is 4.68 Å². The summed E-state index contributed by atoms with van der Waals surface area (Å²) in [7, 11) is 1.96. The molecule has 0 bridgehead atoms. The van der Waals surface area contributed by atoms with Gasteiger partial charge in [0.15, 0.2) is 0 Å². The zero-order chi connectivity index (χ0) is 32.9. The first kappa shape index (κ1) is 34.9. The Morgan fingerprint density at radius 3 is 2.33 bits per heavy atom. The van der Waals surface area contributed by atoms with Crippen LogP contribution in [0.25, 0.3) is 22.0 Å². The number of para-hydroxylation sites is 1. The van der Waals surface area contributed by atoms with E-state index in [1.54, 1.807) is 0 Å². The Bertz CT molecular complexity index is 1630. The lowest BCUT2D eigenvalue weighted by atomic mass is 9.98. The number of rotatable bonds is 14. The third-order valence-electron chi connectivity index (χ3n) is 7.80. The number of thiol groups is 1. The predicted molar refractivity (Wildman–Crippen MR) is 184 cm³/mol. The van der Waals surface area contributed by atoms with Crippen LogP contribution in [0.2, 0.25) is 5.02 Å². The Kier molecular flexibility index (Phi) is 11.7. The topological polar surface area (TPSA) is 76.7 Å². The molecule has 0 atom stereocenters. The van der Waals surface area contributed by atoms with Gasteiger partial charge in [-0.25, -0.2) is 4.79 Å². The summed E-state index contributed by atoms with van der Waals surface area (Å²) in [5.74, 6) is 0.450. The van der Waals surface area contributed by atoms with Gasteiger partial charge in [0.05, 0.1) is 31.0 Å². The quantitative estimate of drug-likeness (QED) is 0.0639. The Balaban J connectivity index is 1.78. The normalized spacial score (nSPS) is 11.9. The van der Waals surface area contributed by atoms with Crippen molar-refractivity contribution < 1.29 is 23.2 Å². The van der Waals surface area contributed by atoms with Crippen molar-refractivity contribution in [3.05, 3.63) is 69.1 Å².